The molecule has 0 saturated carbocycles. The maximum atomic E-state index is 12.1. The first-order valence-electron chi connectivity index (χ1n) is 5.68. The summed E-state index contributed by atoms with van der Waals surface area (Å²) in [6.07, 6.45) is 0. The average molecular weight is 271 g/mol. The molecule has 0 aromatic heterocycles. The van der Waals surface area contributed by atoms with E-state index in [2.05, 4.69) is 5.32 Å². The topological polar surface area (TPSA) is 52.9 Å². The molecule has 0 aliphatic carbocycles. The van der Waals surface area contributed by atoms with Gasteiger partial charge in [-0.2, -0.15) is 5.26 Å². The molecule has 0 bridgehead atoms. The second kappa shape index (κ2) is 5.55. The van der Waals surface area contributed by atoms with Crippen LogP contribution in [0.2, 0.25) is 5.02 Å². The van der Waals surface area contributed by atoms with Crippen LogP contribution in [0.25, 0.3) is 0 Å². The van der Waals surface area contributed by atoms with E-state index in [9.17, 15) is 4.79 Å². The van der Waals surface area contributed by atoms with E-state index in [1.165, 1.54) is 0 Å². The third-order valence-corrected chi connectivity index (χ3v) is 2.94. The van der Waals surface area contributed by atoms with Crippen molar-refractivity contribution in [3.63, 3.8) is 0 Å². The number of anilines is 1. The van der Waals surface area contributed by atoms with Crippen LogP contribution in [0.5, 0.6) is 0 Å². The van der Waals surface area contributed by atoms with Crippen molar-refractivity contribution in [3.05, 3.63) is 64.2 Å². The Labute approximate surface area is 116 Å². The number of aryl methyl sites for hydroxylation is 1. The number of benzene rings is 2. The van der Waals surface area contributed by atoms with Crippen molar-refractivity contribution in [1.82, 2.24) is 0 Å². The molecule has 3 nitrogen and oxygen atoms in total. The summed E-state index contributed by atoms with van der Waals surface area (Å²) < 4.78 is 0. The van der Waals surface area contributed by atoms with E-state index < -0.39 is 0 Å². The van der Waals surface area contributed by atoms with E-state index in [-0.39, 0.29) is 5.91 Å². The van der Waals surface area contributed by atoms with Gasteiger partial charge in [-0.05, 0) is 42.8 Å². The second-order valence-corrected chi connectivity index (χ2v) is 4.54. The number of rotatable bonds is 2. The van der Waals surface area contributed by atoms with Gasteiger partial charge >= 0.3 is 0 Å². The Hall–Kier alpha value is -2.31. The Kier molecular flexibility index (Phi) is 3.84. The Morgan fingerprint density at radius 2 is 2.05 bits per heavy atom. The van der Waals surface area contributed by atoms with Crippen LogP contribution >= 0.6 is 11.6 Å². The van der Waals surface area contributed by atoms with Gasteiger partial charge in [-0.25, -0.2) is 0 Å². The third kappa shape index (κ3) is 3.12. The number of nitrogens with zero attached hydrogens (tertiary/aromatic N) is 1. The fourth-order valence-corrected chi connectivity index (χ4v) is 1.83. The van der Waals surface area contributed by atoms with Gasteiger partial charge in [0, 0.05) is 16.3 Å². The molecule has 19 heavy (non-hydrogen) atoms. The zero-order chi connectivity index (χ0) is 13.8. The zero-order valence-electron chi connectivity index (χ0n) is 10.3. The molecule has 0 spiro atoms. The number of nitrogens with one attached hydrogen (secondary N) is 1. The van der Waals surface area contributed by atoms with Gasteiger partial charge in [0.05, 0.1) is 11.6 Å². The lowest BCUT2D eigenvalue weighted by Crippen LogP contribution is -2.12. The van der Waals surface area contributed by atoms with Crippen molar-refractivity contribution in [3.8, 4) is 6.07 Å². The molecular formula is C15H11ClN2O. The molecular weight excluding hydrogens is 260 g/mol. The Morgan fingerprint density at radius 1 is 1.26 bits per heavy atom. The van der Waals surface area contributed by atoms with Gasteiger partial charge in [0.25, 0.3) is 5.91 Å². The molecule has 1 N–H and O–H groups in total. The Bertz CT molecular complexity index is 674. The Balaban J connectivity index is 2.26. The monoisotopic (exact) mass is 270 g/mol. The molecule has 0 heterocycles. The molecule has 94 valence electrons. The van der Waals surface area contributed by atoms with E-state index in [4.69, 9.17) is 16.9 Å². The second-order valence-electron chi connectivity index (χ2n) is 4.11. The highest BCUT2D eigenvalue weighted by molar-refractivity contribution is 6.31. The highest BCUT2D eigenvalue weighted by Crippen LogP contribution is 2.21. The van der Waals surface area contributed by atoms with Crippen LogP contribution in [0.15, 0.2) is 42.5 Å². The number of nitriles is 1. The van der Waals surface area contributed by atoms with Crippen LogP contribution < -0.4 is 5.32 Å². The summed E-state index contributed by atoms with van der Waals surface area (Å²) in [5.41, 5.74) is 2.49. The van der Waals surface area contributed by atoms with Crippen molar-refractivity contribution < 1.29 is 4.79 Å². The predicted molar refractivity (Wildman–Crippen MR) is 75.3 cm³/mol. The van der Waals surface area contributed by atoms with Crippen molar-refractivity contribution >= 4 is 23.2 Å². The minimum absolute atomic E-state index is 0.262. The van der Waals surface area contributed by atoms with Gasteiger partial charge in [-0.1, -0.05) is 23.7 Å². The normalized spacial score (nSPS) is 9.74. The summed E-state index contributed by atoms with van der Waals surface area (Å²) >= 11 is 5.90. The molecule has 0 saturated heterocycles. The largest absolute Gasteiger partial charge is 0.322 e. The number of carbonyl (C=O) groups is 1. The summed E-state index contributed by atoms with van der Waals surface area (Å²) in [5, 5.41) is 12.2. The smallest absolute Gasteiger partial charge is 0.255 e. The lowest BCUT2D eigenvalue weighted by Gasteiger charge is -2.09. The molecule has 0 fully saturated rings. The maximum Gasteiger partial charge on any atom is 0.255 e. The minimum atomic E-state index is -0.262. The van der Waals surface area contributed by atoms with Crippen LogP contribution in [-0.4, -0.2) is 5.91 Å². The molecule has 1 amide bonds. The third-order valence-electron chi connectivity index (χ3n) is 2.70. The summed E-state index contributed by atoms with van der Waals surface area (Å²) in [7, 11) is 0. The number of amides is 1. The number of hydrogen-bond donors (Lipinski definition) is 1. The number of halogens is 1. The first-order valence-corrected chi connectivity index (χ1v) is 6.05. The summed E-state index contributed by atoms with van der Waals surface area (Å²) in [6.45, 7) is 1.89. The van der Waals surface area contributed by atoms with Crippen molar-refractivity contribution in [1.29, 1.82) is 5.26 Å². The lowest BCUT2D eigenvalue weighted by atomic mass is 10.1. The van der Waals surface area contributed by atoms with Gasteiger partial charge in [0.1, 0.15) is 0 Å². The minimum Gasteiger partial charge on any atom is -0.322 e. The van der Waals surface area contributed by atoms with Gasteiger partial charge in [0.2, 0.25) is 0 Å². The molecule has 0 aliphatic heterocycles. The number of carbonyl (C=O) groups excluding carboxylic acids is 1. The van der Waals surface area contributed by atoms with Crippen LogP contribution in [0.4, 0.5) is 5.69 Å². The molecule has 2 rings (SSSR count). The molecule has 0 radical (unpaired) electrons. The summed E-state index contributed by atoms with van der Waals surface area (Å²) in [5.74, 6) is -0.262. The van der Waals surface area contributed by atoms with E-state index >= 15 is 0 Å². The average Bonchev–Trinajstić information content (AvgIpc) is 2.43. The maximum absolute atomic E-state index is 12.1. The van der Waals surface area contributed by atoms with Gasteiger partial charge in [0.15, 0.2) is 0 Å². The SMILES string of the molecule is Cc1ccc(Cl)cc1NC(=O)c1cccc(C#N)c1. The quantitative estimate of drug-likeness (QED) is 0.903. The first kappa shape index (κ1) is 13.1. The van der Waals surface area contributed by atoms with E-state index in [1.54, 1.807) is 36.4 Å². The standard InChI is InChI=1S/C15H11ClN2O/c1-10-5-6-13(16)8-14(10)18-15(19)12-4-2-3-11(7-12)9-17/h2-8H,1H3,(H,18,19). The van der Waals surface area contributed by atoms with Gasteiger partial charge < -0.3 is 5.32 Å². The fraction of sp³-hybridized carbons (Fsp3) is 0.0667. The van der Waals surface area contributed by atoms with E-state index in [1.807, 2.05) is 19.1 Å². The van der Waals surface area contributed by atoms with Crippen molar-refractivity contribution in [2.45, 2.75) is 6.92 Å². The fourth-order valence-electron chi connectivity index (χ4n) is 1.65. The molecule has 0 atom stereocenters. The van der Waals surface area contributed by atoms with Crippen LogP contribution in [0.1, 0.15) is 21.5 Å². The first-order chi connectivity index (χ1) is 9.10. The van der Waals surface area contributed by atoms with E-state index in [0.29, 0.717) is 21.8 Å². The van der Waals surface area contributed by atoms with Gasteiger partial charge in [-0.3, -0.25) is 4.79 Å². The van der Waals surface area contributed by atoms with E-state index in [0.717, 1.165) is 5.56 Å². The van der Waals surface area contributed by atoms with Crippen molar-refractivity contribution in [2.24, 2.45) is 0 Å². The van der Waals surface area contributed by atoms with Crippen LogP contribution in [-0.2, 0) is 0 Å². The summed E-state index contributed by atoms with van der Waals surface area (Å²) in [6, 6.07) is 13.9. The molecule has 2 aromatic carbocycles. The predicted octanol–water partition coefficient (Wildman–Crippen LogP) is 3.77. The molecule has 0 aliphatic rings. The highest BCUT2D eigenvalue weighted by atomic mass is 35.5. The number of hydrogen-bond acceptors (Lipinski definition) is 2. The molecule has 0 unspecified atom stereocenters. The van der Waals surface area contributed by atoms with Gasteiger partial charge in [-0.15, -0.1) is 0 Å². The summed E-state index contributed by atoms with van der Waals surface area (Å²) in [4.78, 5) is 12.1. The molecule has 4 heteroatoms. The lowest BCUT2D eigenvalue weighted by molar-refractivity contribution is 0.102. The van der Waals surface area contributed by atoms with Crippen LogP contribution in [0, 0.1) is 18.3 Å². The Morgan fingerprint density at radius 3 is 2.79 bits per heavy atom. The highest BCUT2D eigenvalue weighted by Gasteiger charge is 2.08. The zero-order valence-corrected chi connectivity index (χ0v) is 11.0. The molecule has 2 aromatic rings. The van der Waals surface area contributed by atoms with Crippen LogP contribution in [0.3, 0.4) is 0 Å². The van der Waals surface area contributed by atoms with Crippen molar-refractivity contribution in [2.75, 3.05) is 5.32 Å².